The van der Waals surface area contributed by atoms with E-state index in [2.05, 4.69) is 32.1 Å². The number of carbonyl (C=O) groups excluding carboxylic acids is 1. The van der Waals surface area contributed by atoms with Gasteiger partial charge in [0.05, 0.1) is 0 Å². The van der Waals surface area contributed by atoms with Crippen molar-refractivity contribution in [2.75, 3.05) is 11.5 Å². The second-order valence-electron chi connectivity index (χ2n) is 8.61. The minimum absolute atomic E-state index is 0.0133. The van der Waals surface area contributed by atoms with Gasteiger partial charge in [-0.05, 0) is 48.8 Å². The van der Waals surface area contributed by atoms with Crippen LogP contribution in [0, 0.1) is 17.8 Å². The van der Waals surface area contributed by atoms with Crippen LogP contribution in [0.2, 0.25) is 17.2 Å². The van der Waals surface area contributed by atoms with Gasteiger partial charge >= 0.3 is 0 Å². The molecule has 3 aliphatic rings. The highest BCUT2D eigenvalue weighted by Gasteiger charge is 2.49. The van der Waals surface area contributed by atoms with Gasteiger partial charge in [-0.15, -0.1) is 0 Å². The predicted molar refractivity (Wildman–Crippen MR) is 107 cm³/mol. The summed E-state index contributed by atoms with van der Waals surface area (Å²) in [5.74, 6) is 1.46. The Kier molecular flexibility index (Phi) is 5.09. The molecule has 4 rings (SSSR count). The molecule has 5 heteroatoms. The third-order valence-corrected chi connectivity index (χ3v) is 7.30. The van der Waals surface area contributed by atoms with Gasteiger partial charge in [0.2, 0.25) is 5.91 Å². The summed E-state index contributed by atoms with van der Waals surface area (Å²) in [4.78, 5) is 15.7. The van der Waals surface area contributed by atoms with Crippen LogP contribution in [0.1, 0.15) is 51.0 Å². The molecule has 1 aliphatic carbocycles. The van der Waals surface area contributed by atoms with Crippen molar-refractivity contribution in [2.24, 2.45) is 17.8 Å². The molecule has 1 aromatic carbocycles. The fourth-order valence-corrected chi connectivity index (χ4v) is 5.93. The molecule has 0 spiro atoms. The highest BCUT2D eigenvalue weighted by Crippen LogP contribution is 2.54. The lowest BCUT2D eigenvalue weighted by Crippen LogP contribution is -2.54. The lowest BCUT2D eigenvalue weighted by Gasteiger charge is -2.50. The number of nitrogens with zero attached hydrogens (tertiary/aromatic N) is 1. The second-order valence-corrected chi connectivity index (χ2v) is 9.02. The van der Waals surface area contributed by atoms with E-state index in [0.29, 0.717) is 11.8 Å². The van der Waals surface area contributed by atoms with Crippen molar-refractivity contribution in [2.45, 2.75) is 63.6 Å². The smallest absolute Gasteiger partial charge is 0.230 e. The van der Waals surface area contributed by atoms with Gasteiger partial charge in [0.1, 0.15) is 7.28 Å². The molecule has 2 heterocycles. The van der Waals surface area contributed by atoms with Crippen molar-refractivity contribution in [1.82, 2.24) is 0 Å². The van der Waals surface area contributed by atoms with Crippen molar-refractivity contribution in [3.63, 3.8) is 0 Å². The van der Waals surface area contributed by atoms with Gasteiger partial charge in [-0.25, -0.2) is 0 Å². The standard InChI is InChI=1S/C21H28BClNO2/c1-12-10-22-13(2)19-18(12)20-16(23)7-4-8-17(20)24(21(19)26)15-6-3-5-14(9-15)11-25/h4,7-8,12-15,18-19,25H,3,5-6,9-11H2,1-2H3/t12?,13?,14-,15+,18?,19?/m1/s1. The summed E-state index contributed by atoms with van der Waals surface area (Å²) in [6.45, 7) is 4.64. The number of halogens is 1. The highest BCUT2D eigenvalue weighted by molar-refractivity contribution is 6.39. The van der Waals surface area contributed by atoms with Crippen molar-refractivity contribution >= 4 is 30.5 Å². The number of carbonyl (C=O) groups is 1. The second kappa shape index (κ2) is 7.20. The molecule has 1 radical (unpaired) electrons. The molecular formula is C21H28BClNO2. The largest absolute Gasteiger partial charge is 0.396 e. The van der Waals surface area contributed by atoms with Crippen LogP contribution < -0.4 is 4.90 Å². The first kappa shape index (κ1) is 18.4. The molecule has 0 aromatic heterocycles. The van der Waals surface area contributed by atoms with Crippen LogP contribution in [0.5, 0.6) is 0 Å². The molecule has 139 valence electrons. The first-order valence-corrected chi connectivity index (χ1v) is 10.5. The Balaban J connectivity index is 1.81. The molecule has 26 heavy (non-hydrogen) atoms. The summed E-state index contributed by atoms with van der Waals surface area (Å²) < 4.78 is 0. The lowest BCUT2D eigenvalue weighted by molar-refractivity contribution is -0.125. The monoisotopic (exact) mass is 372 g/mol. The number of aliphatic hydroxyl groups is 1. The maximum Gasteiger partial charge on any atom is 0.230 e. The Hall–Kier alpha value is -0.995. The summed E-state index contributed by atoms with van der Waals surface area (Å²) in [7, 11) is 2.32. The number of hydrogen-bond donors (Lipinski definition) is 1. The van der Waals surface area contributed by atoms with Gasteiger partial charge in [-0.2, -0.15) is 0 Å². The normalized spacial score (nSPS) is 36.9. The van der Waals surface area contributed by atoms with Crippen LogP contribution in [-0.2, 0) is 4.79 Å². The molecule has 1 saturated heterocycles. The van der Waals surface area contributed by atoms with E-state index in [4.69, 9.17) is 11.6 Å². The third-order valence-electron chi connectivity index (χ3n) is 6.97. The number of aliphatic hydroxyl groups excluding tert-OH is 1. The summed E-state index contributed by atoms with van der Waals surface area (Å²) in [6.07, 6.45) is 5.07. The van der Waals surface area contributed by atoms with E-state index in [9.17, 15) is 9.90 Å². The van der Waals surface area contributed by atoms with E-state index in [1.165, 1.54) is 5.56 Å². The van der Waals surface area contributed by atoms with Crippen molar-refractivity contribution in [1.29, 1.82) is 0 Å². The molecule has 2 fully saturated rings. The van der Waals surface area contributed by atoms with Crippen LogP contribution in [-0.4, -0.2) is 30.9 Å². The first-order chi connectivity index (χ1) is 12.5. The maximum atomic E-state index is 13.7. The van der Waals surface area contributed by atoms with Gasteiger partial charge in [0.25, 0.3) is 0 Å². The molecule has 0 bridgehead atoms. The SMILES string of the molecule is CC1[B]CC(C)C2c3c(Cl)cccc3N([C@H]3CCC[C@@H](CO)C3)C(=O)C12. The predicted octanol–water partition coefficient (Wildman–Crippen LogP) is 4.52. The summed E-state index contributed by atoms with van der Waals surface area (Å²) in [6, 6.07) is 6.19. The van der Waals surface area contributed by atoms with E-state index in [-0.39, 0.29) is 36.2 Å². The highest BCUT2D eigenvalue weighted by atomic mass is 35.5. The molecule has 6 atom stereocenters. The number of fused-ring (bicyclic) bond motifs is 3. The van der Waals surface area contributed by atoms with E-state index in [1.54, 1.807) is 0 Å². The minimum atomic E-state index is -0.0133. The quantitative estimate of drug-likeness (QED) is 0.775. The number of rotatable bonds is 2. The molecule has 3 nitrogen and oxygen atoms in total. The molecule has 1 amide bonds. The van der Waals surface area contributed by atoms with E-state index >= 15 is 0 Å². The van der Waals surface area contributed by atoms with Crippen LogP contribution in [0.25, 0.3) is 0 Å². The number of amides is 1. The molecular weight excluding hydrogens is 345 g/mol. The van der Waals surface area contributed by atoms with Crippen LogP contribution in [0.4, 0.5) is 5.69 Å². The Bertz CT molecular complexity index is 697. The third kappa shape index (κ3) is 2.90. The topological polar surface area (TPSA) is 40.5 Å². The fraction of sp³-hybridized carbons (Fsp3) is 0.667. The zero-order valence-corrected chi connectivity index (χ0v) is 16.5. The Morgan fingerprint density at radius 3 is 2.85 bits per heavy atom. The van der Waals surface area contributed by atoms with E-state index < -0.39 is 0 Å². The van der Waals surface area contributed by atoms with Gasteiger partial charge in [-0.3, -0.25) is 4.79 Å². The number of hydrogen-bond acceptors (Lipinski definition) is 2. The molecule has 4 unspecified atom stereocenters. The summed E-state index contributed by atoms with van der Waals surface area (Å²) in [5, 5.41) is 10.4. The molecule has 1 saturated carbocycles. The van der Waals surface area contributed by atoms with Gasteiger partial charge < -0.3 is 10.0 Å². The summed E-state index contributed by atoms with van der Waals surface area (Å²) in [5.41, 5.74) is 2.20. The Labute approximate surface area is 162 Å². The van der Waals surface area contributed by atoms with Crippen molar-refractivity contribution in [3.8, 4) is 0 Å². The Morgan fingerprint density at radius 1 is 1.27 bits per heavy atom. The van der Waals surface area contributed by atoms with E-state index in [0.717, 1.165) is 42.7 Å². The molecule has 2 aliphatic heterocycles. The van der Waals surface area contributed by atoms with E-state index in [1.807, 2.05) is 12.1 Å². The minimum Gasteiger partial charge on any atom is -0.396 e. The number of anilines is 1. The van der Waals surface area contributed by atoms with Crippen LogP contribution in [0.3, 0.4) is 0 Å². The molecule has 1 aromatic rings. The van der Waals surface area contributed by atoms with Crippen LogP contribution in [0.15, 0.2) is 18.2 Å². The zero-order valence-electron chi connectivity index (χ0n) is 15.7. The maximum absolute atomic E-state index is 13.7. The number of benzene rings is 1. The summed E-state index contributed by atoms with van der Waals surface area (Å²) >= 11 is 6.69. The lowest BCUT2D eigenvalue weighted by atomic mass is 9.45. The zero-order chi connectivity index (χ0) is 18.4. The first-order valence-electron chi connectivity index (χ1n) is 10.1. The van der Waals surface area contributed by atoms with Crippen molar-refractivity contribution in [3.05, 3.63) is 28.8 Å². The fourth-order valence-electron chi connectivity index (χ4n) is 5.63. The average Bonchev–Trinajstić information content (AvgIpc) is 2.64. The Morgan fingerprint density at radius 2 is 2.08 bits per heavy atom. The van der Waals surface area contributed by atoms with Gasteiger partial charge in [0, 0.05) is 35.2 Å². The van der Waals surface area contributed by atoms with Crippen molar-refractivity contribution < 1.29 is 9.90 Å². The van der Waals surface area contributed by atoms with Crippen LogP contribution >= 0.6 is 11.6 Å². The molecule has 1 N–H and O–H groups in total. The van der Waals surface area contributed by atoms with Gasteiger partial charge in [0.15, 0.2) is 0 Å². The van der Waals surface area contributed by atoms with Gasteiger partial charge in [-0.1, -0.05) is 50.1 Å². The average molecular weight is 373 g/mol.